The lowest BCUT2D eigenvalue weighted by Gasteiger charge is -2.12. The second kappa shape index (κ2) is 8.77. The summed E-state index contributed by atoms with van der Waals surface area (Å²) < 4.78 is 13.2. The molecule has 0 radical (unpaired) electrons. The smallest absolute Gasteiger partial charge is 0.269 e. The molecule has 0 fully saturated rings. The number of carbonyl (C=O) groups excluding carboxylic acids is 1. The van der Waals surface area contributed by atoms with Crippen LogP contribution in [-0.2, 0) is 4.79 Å². The monoisotopic (exact) mass is 395 g/mol. The summed E-state index contributed by atoms with van der Waals surface area (Å²) in [5.41, 5.74) is 0.808. The molecule has 0 saturated carbocycles. The van der Waals surface area contributed by atoms with E-state index in [0.717, 1.165) is 6.07 Å². The fourth-order valence-corrected chi connectivity index (χ4v) is 2.82. The minimum absolute atomic E-state index is 0.118. The Labute approximate surface area is 158 Å². The van der Waals surface area contributed by atoms with Gasteiger partial charge in [0, 0.05) is 16.4 Å². The van der Waals surface area contributed by atoms with E-state index in [1.165, 1.54) is 23.9 Å². The number of nitrogens with zero attached hydrogens (tertiary/aromatic N) is 1. The van der Waals surface area contributed by atoms with Crippen LogP contribution < -0.4 is 10.6 Å². The Balaban J connectivity index is 2.27. The molecule has 0 bridgehead atoms. The molecule has 2 rings (SSSR count). The van der Waals surface area contributed by atoms with E-state index in [1.807, 2.05) is 6.07 Å². The summed E-state index contributed by atoms with van der Waals surface area (Å²) in [7, 11) is 0. The van der Waals surface area contributed by atoms with Crippen LogP contribution in [0.25, 0.3) is 0 Å². The SMILES string of the molecule is CSC(Nc1cccc(Cl)c1)=C(C#N)C(=O)Nc1ccc(F)c(Cl)c1. The van der Waals surface area contributed by atoms with E-state index in [4.69, 9.17) is 23.2 Å². The molecular formula is C17H12Cl2FN3OS. The van der Waals surface area contributed by atoms with Gasteiger partial charge in [0.1, 0.15) is 17.5 Å². The van der Waals surface area contributed by atoms with Crippen molar-refractivity contribution >= 4 is 52.2 Å². The lowest BCUT2D eigenvalue weighted by atomic mass is 10.2. The molecule has 0 spiro atoms. The maximum Gasteiger partial charge on any atom is 0.269 e. The normalized spacial score (nSPS) is 11.3. The predicted molar refractivity (Wildman–Crippen MR) is 101 cm³/mol. The van der Waals surface area contributed by atoms with Gasteiger partial charge in [-0.25, -0.2) is 4.39 Å². The highest BCUT2D eigenvalue weighted by Crippen LogP contribution is 2.24. The summed E-state index contributed by atoms with van der Waals surface area (Å²) in [4.78, 5) is 12.4. The van der Waals surface area contributed by atoms with E-state index in [-0.39, 0.29) is 16.3 Å². The molecular weight excluding hydrogens is 384 g/mol. The molecule has 0 saturated heterocycles. The van der Waals surface area contributed by atoms with Crippen LogP contribution in [-0.4, -0.2) is 12.2 Å². The van der Waals surface area contributed by atoms with Crippen molar-refractivity contribution in [3.8, 4) is 6.07 Å². The fraction of sp³-hybridized carbons (Fsp3) is 0.0588. The van der Waals surface area contributed by atoms with E-state index in [0.29, 0.717) is 15.7 Å². The summed E-state index contributed by atoms with van der Waals surface area (Å²) in [6.45, 7) is 0. The second-order valence-corrected chi connectivity index (χ2v) is 6.40. The first kappa shape index (κ1) is 19.1. The number of carbonyl (C=O) groups is 1. The van der Waals surface area contributed by atoms with Crippen LogP contribution >= 0.6 is 35.0 Å². The summed E-state index contributed by atoms with van der Waals surface area (Å²) in [5, 5.41) is 15.6. The predicted octanol–water partition coefficient (Wildman–Crippen LogP) is 5.28. The number of benzene rings is 2. The van der Waals surface area contributed by atoms with Crippen molar-refractivity contribution in [2.24, 2.45) is 0 Å². The van der Waals surface area contributed by atoms with Gasteiger partial charge >= 0.3 is 0 Å². The van der Waals surface area contributed by atoms with Crippen molar-refractivity contribution < 1.29 is 9.18 Å². The largest absolute Gasteiger partial charge is 0.349 e. The summed E-state index contributed by atoms with van der Waals surface area (Å²) in [6, 6.07) is 12.5. The Kier molecular flexibility index (Phi) is 6.71. The molecule has 8 heteroatoms. The Morgan fingerprint density at radius 2 is 1.88 bits per heavy atom. The lowest BCUT2D eigenvalue weighted by molar-refractivity contribution is -0.112. The second-order valence-electron chi connectivity index (χ2n) is 4.74. The third-order valence-electron chi connectivity index (χ3n) is 3.03. The first-order valence-electron chi connectivity index (χ1n) is 6.92. The van der Waals surface area contributed by atoms with Crippen LogP contribution in [0, 0.1) is 17.1 Å². The van der Waals surface area contributed by atoms with Gasteiger partial charge in [-0.2, -0.15) is 5.26 Å². The molecule has 0 atom stereocenters. The first-order valence-corrected chi connectivity index (χ1v) is 8.90. The van der Waals surface area contributed by atoms with Crippen molar-refractivity contribution in [2.75, 3.05) is 16.9 Å². The highest BCUT2D eigenvalue weighted by atomic mass is 35.5. The average Bonchev–Trinajstić information content (AvgIpc) is 2.58. The van der Waals surface area contributed by atoms with Gasteiger partial charge in [-0.05, 0) is 42.7 Å². The van der Waals surface area contributed by atoms with E-state index >= 15 is 0 Å². The number of hydrogen-bond acceptors (Lipinski definition) is 4. The highest BCUT2D eigenvalue weighted by molar-refractivity contribution is 8.02. The Hall–Kier alpha value is -2.20. The van der Waals surface area contributed by atoms with Crippen LogP contribution in [0.5, 0.6) is 0 Å². The number of rotatable bonds is 5. The van der Waals surface area contributed by atoms with Gasteiger partial charge in [0.25, 0.3) is 5.91 Å². The summed E-state index contributed by atoms with van der Waals surface area (Å²) in [5.74, 6) is -1.23. The van der Waals surface area contributed by atoms with Gasteiger partial charge in [-0.3, -0.25) is 4.79 Å². The highest BCUT2D eigenvalue weighted by Gasteiger charge is 2.16. The molecule has 2 aromatic carbocycles. The van der Waals surface area contributed by atoms with Gasteiger partial charge in [0.2, 0.25) is 0 Å². The van der Waals surface area contributed by atoms with Crippen molar-refractivity contribution in [3.05, 3.63) is 68.9 Å². The number of hydrogen-bond donors (Lipinski definition) is 2. The van der Waals surface area contributed by atoms with Crippen molar-refractivity contribution in [1.82, 2.24) is 0 Å². The molecule has 0 aromatic heterocycles. The lowest BCUT2D eigenvalue weighted by Crippen LogP contribution is -2.17. The molecule has 0 unspecified atom stereocenters. The zero-order valence-electron chi connectivity index (χ0n) is 12.9. The third kappa shape index (κ3) is 5.13. The maximum atomic E-state index is 13.2. The number of thioether (sulfide) groups is 1. The van der Waals surface area contributed by atoms with Crippen LogP contribution in [0.4, 0.5) is 15.8 Å². The van der Waals surface area contributed by atoms with Gasteiger partial charge in [-0.1, -0.05) is 29.3 Å². The van der Waals surface area contributed by atoms with Crippen LogP contribution in [0.3, 0.4) is 0 Å². The van der Waals surface area contributed by atoms with Gasteiger partial charge in [-0.15, -0.1) is 11.8 Å². The molecule has 2 N–H and O–H groups in total. The quantitative estimate of drug-likeness (QED) is 0.533. The summed E-state index contributed by atoms with van der Waals surface area (Å²) >= 11 is 12.8. The number of halogens is 3. The fourth-order valence-electron chi connectivity index (χ4n) is 1.89. The van der Waals surface area contributed by atoms with Crippen molar-refractivity contribution in [3.63, 3.8) is 0 Å². The molecule has 2 aromatic rings. The van der Waals surface area contributed by atoms with E-state index in [2.05, 4.69) is 10.6 Å². The van der Waals surface area contributed by atoms with Crippen molar-refractivity contribution in [2.45, 2.75) is 0 Å². The zero-order valence-corrected chi connectivity index (χ0v) is 15.3. The number of nitrogens with one attached hydrogen (secondary N) is 2. The molecule has 0 aliphatic rings. The maximum absolute atomic E-state index is 13.2. The van der Waals surface area contributed by atoms with Crippen LogP contribution in [0.1, 0.15) is 0 Å². The minimum atomic E-state index is -0.635. The first-order chi connectivity index (χ1) is 11.9. The topological polar surface area (TPSA) is 64.9 Å². The van der Waals surface area contributed by atoms with Gasteiger partial charge in [0.15, 0.2) is 0 Å². The molecule has 25 heavy (non-hydrogen) atoms. The van der Waals surface area contributed by atoms with E-state index in [9.17, 15) is 14.4 Å². The standard InChI is InChI=1S/C17H12Cl2FN3OS/c1-25-17(23-11-4-2-3-10(18)7-11)13(9-21)16(24)22-12-5-6-15(20)14(19)8-12/h2-8,23H,1H3,(H,22,24). The third-order valence-corrected chi connectivity index (χ3v) is 4.27. The zero-order chi connectivity index (χ0) is 18.4. The van der Waals surface area contributed by atoms with Crippen molar-refractivity contribution in [1.29, 1.82) is 5.26 Å². The van der Waals surface area contributed by atoms with E-state index < -0.39 is 11.7 Å². The molecule has 4 nitrogen and oxygen atoms in total. The Morgan fingerprint density at radius 1 is 1.16 bits per heavy atom. The van der Waals surface area contributed by atoms with Crippen LogP contribution in [0.15, 0.2) is 53.1 Å². The molecule has 0 aliphatic carbocycles. The van der Waals surface area contributed by atoms with Gasteiger partial charge < -0.3 is 10.6 Å². The number of anilines is 2. The van der Waals surface area contributed by atoms with Crippen LogP contribution in [0.2, 0.25) is 10.0 Å². The number of amides is 1. The molecule has 0 heterocycles. The van der Waals surface area contributed by atoms with Gasteiger partial charge in [0.05, 0.1) is 10.1 Å². The minimum Gasteiger partial charge on any atom is -0.349 e. The average molecular weight is 396 g/mol. The summed E-state index contributed by atoms with van der Waals surface area (Å²) in [6.07, 6.45) is 1.73. The molecule has 0 aliphatic heterocycles. The molecule has 1 amide bonds. The molecule has 128 valence electrons. The van der Waals surface area contributed by atoms with E-state index in [1.54, 1.807) is 30.5 Å². The Morgan fingerprint density at radius 3 is 2.48 bits per heavy atom. The number of nitriles is 1. The Bertz CT molecular complexity index is 880.